The predicted molar refractivity (Wildman–Crippen MR) is 106 cm³/mol. The molecule has 0 fully saturated rings. The molecule has 0 saturated carbocycles. The molecule has 0 aromatic carbocycles. The molecule has 150 valence electrons. The molecule has 0 aliphatic rings. The van der Waals surface area contributed by atoms with Crippen molar-refractivity contribution in [3.8, 4) is 0 Å². The maximum Gasteiger partial charge on any atom is 0.396 e. The summed E-state index contributed by atoms with van der Waals surface area (Å²) in [6.07, 6.45) is 19.6. The van der Waals surface area contributed by atoms with Crippen molar-refractivity contribution < 1.29 is 18.4 Å². The minimum Gasteiger partial charge on any atom is -0.307 e. The van der Waals surface area contributed by atoms with Gasteiger partial charge in [0.2, 0.25) is 5.52 Å². The summed E-state index contributed by atoms with van der Waals surface area (Å²) in [6.45, 7) is 2.26. The van der Waals surface area contributed by atoms with Crippen LogP contribution in [0.1, 0.15) is 110 Å². The minimum atomic E-state index is -3.50. The van der Waals surface area contributed by atoms with Crippen LogP contribution in [0, 0.1) is 0 Å². The van der Waals surface area contributed by atoms with Gasteiger partial charge in [-0.1, -0.05) is 96.8 Å². The van der Waals surface area contributed by atoms with Gasteiger partial charge in [-0.3, -0.25) is 9.36 Å². The van der Waals surface area contributed by atoms with Gasteiger partial charge < -0.3 is 9.05 Å². The highest BCUT2D eigenvalue weighted by Gasteiger charge is 2.30. The molecule has 0 aromatic rings. The quantitative estimate of drug-likeness (QED) is 0.176. The number of rotatable bonds is 19. The van der Waals surface area contributed by atoms with Crippen LogP contribution in [-0.4, -0.2) is 19.7 Å². The number of carbonyl (C=O) groups is 1. The Morgan fingerprint density at radius 1 is 0.640 bits per heavy atom. The highest BCUT2D eigenvalue weighted by Crippen LogP contribution is 2.48. The van der Waals surface area contributed by atoms with E-state index in [0.29, 0.717) is 0 Å². The third kappa shape index (κ3) is 13.7. The van der Waals surface area contributed by atoms with Crippen LogP contribution in [0.15, 0.2) is 0 Å². The van der Waals surface area contributed by atoms with E-state index in [4.69, 9.17) is 9.05 Å². The van der Waals surface area contributed by atoms with Crippen molar-refractivity contribution >= 4 is 13.1 Å². The molecule has 0 bridgehead atoms. The van der Waals surface area contributed by atoms with Gasteiger partial charge in [0.15, 0.2) is 0 Å². The predicted octanol–water partition coefficient (Wildman–Crippen LogP) is 7.26. The lowest BCUT2D eigenvalue weighted by Gasteiger charge is -2.11. The van der Waals surface area contributed by atoms with Gasteiger partial charge in [-0.15, -0.1) is 0 Å². The standard InChI is InChI=1S/C20H41O4P/c1-4-5-6-7-8-9-10-11-12-13-14-15-16-17-18-19-20(21)25(22,23-2)24-3/h4-19H2,1-3H3. The lowest BCUT2D eigenvalue weighted by atomic mass is 10.0. The third-order valence-corrected chi connectivity index (χ3v) is 6.58. The molecule has 5 heteroatoms. The summed E-state index contributed by atoms with van der Waals surface area (Å²) in [5, 5.41) is 0. The van der Waals surface area contributed by atoms with Crippen molar-refractivity contribution in [1.82, 2.24) is 0 Å². The molecule has 0 radical (unpaired) electrons. The Balaban J connectivity index is 3.29. The maximum atomic E-state index is 11.8. The molecule has 0 atom stereocenters. The molecule has 4 nitrogen and oxygen atoms in total. The van der Waals surface area contributed by atoms with E-state index in [-0.39, 0.29) is 6.42 Å². The highest BCUT2D eigenvalue weighted by atomic mass is 31.2. The van der Waals surface area contributed by atoms with E-state index >= 15 is 0 Å². The van der Waals surface area contributed by atoms with Gasteiger partial charge in [0.25, 0.3) is 0 Å². The first-order valence-electron chi connectivity index (χ1n) is 10.4. The topological polar surface area (TPSA) is 52.6 Å². The van der Waals surface area contributed by atoms with Crippen LogP contribution < -0.4 is 0 Å². The van der Waals surface area contributed by atoms with E-state index in [1.54, 1.807) is 0 Å². The third-order valence-electron chi connectivity index (χ3n) is 4.78. The van der Waals surface area contributed by atoms with Gasteiger partial charge >= 0.3 is 7.60 Å². The summed E-state index contributed by atoms with van der Waals surface area (Å²) in [7, 11) is -0.982. The Morgan fingerprint density at radius 3 is 1.28 bits per heavy atom. The summed E-state index contributed by atoms with van der Waals surface area (Å²) in [6, 6.07) is 0. The van der Waals surface area contributed by atoms with Crippen molar-refractivity contribution in [3.63, 3.8) is 0 Å². The van der Waals surface area contributed by atoms with E-state index in [1.807, 2.05) is 0 Å². The molecule has 0 heterocycles. The van der Waals surface area contributed by atoms with Crippen molar-refractivity contribution in [1.29, 1.82) is 0 Å². The van der Waals surface area contributed by atoms with Crippen LogP contribution in [0.25, 0.3) is 0 Å². The smallest absolute Gasteiger partial charge is 0.307 e. The Bertz CT molecular complexity index is 350. The van der Waals surface area contributed by atoms with E-state index < -0.39 is 13.1 Å². The molecule has 0 rings (SSSR count). The fourth-order valence-corrected chi connectivity index (χ4v) is 4.05. The monoisotopic (exact) mass is 376 g/mol. The second-order valence-electron chi connectivity index (χ2n) is 6.96. The van der Waals surface area contributed by atoms with Crippen molar-refractivity contribution in [3.05, 3.63) is 0 Å². The molecule has 0 aliphatic heterocycles. The molecule has 0 N–H and O–H groups in total. The Labute approximate surface area is 156 Å². The first-order valence-corrected chi connectivity index (χ1v) is 11.9. The molecule has 0 amide bonds. The lowest BCUT2D eigenvalue weighted by Crippen LogP contribution is -2.03. The van der Waals surface area contributed by atoms with Crippen molar-refractivity contribution in [2.75, 3.05) is 14.2 Å². The van der Waals surface area contributed by atoms with Gasteiger partial charge in [0.1, 0.15) is 0 Å². The summed E-state index contributed by atoms with van der Waals surface area (Å²) >= 11 is 0. The lowest BCUT2D eigenvalue weighted by molar-refractivity contribution is -0.113. The van der Waals surface area contributed by atoms with Gasteiger partial charge in [-0.2, -0.15) is 0 Å². The second kappa shape index (κ2) is 17.2. The zero-order valence-corrected chi connectivity index (χ0v) is 17.8. The number of hydrogen-bond acceptors (Lipinski definition) is 4. The summed E-state index contributed by atoms with van der Waals surface area (Å²) < 4.78 is 21.3. The number of hydrogen-bond donors (Lipinski definition) is 0. The van der Waals surface area contributed by atoms with Crippen LogP contribution in [0.3, 0.4) is 0 Å². The molecule has 0 aliphatic carbocycles. The van der Waals surface area contributed by atoms with E-state index in [1.165, 1.54) is 91.3 Å². The fourth-order valence-electron chi connectivity index (χ4n) is 3.06. The van der Waals surface area contributed by atoms with Crippen molar-refractivity contribution in [2.24, 2.45) is 0 Å². The first-order chi connectivity index (χ1) is 12.1. The SMILES string of the molecule is CCCCCCCCCCCCCCCCCC(=O)P(=O)(OC)OC. The number of carbonyl (C=O) groups excluding carboxylic acids is 1. The van der Waals surface area contributed by atoms with Gasteiger partial charge in [0, 0.05) is 20.6 Å². The molecular formula is C20H41O4P. The molecule has 0 saturated heterocycles. The van der Waals surface area contributed by atoms with Crippen LogP contribution >= 0.6 is 7.60 Å². The first kappa shape index (κ1) is 24.8. The number of unbranched alkanes of at least 4 members (excludes halogenated alkanes) is 14. The summed E-state index contributed by atoms with van der Waals surface area (Å²) in [5.41, 5.74) is -0.396. The zero-order chi connectivity index (χ0) is 18.8. The molecule has 0 spiro atoms. The molecule has 0 aromatic heterocycles. The Hall–Kier alpha value is -0.180. The zero-order valence-electron chi connectivity index (χ0n) is 16.9. The van der Waals surface area contributed by atoms with E-state index in [2.05, 4.69) is 6.92 Å². The molecule has 25 heavy (non-hydrogen) atoms. The van der Waals surface area contributed by atoms with Crippen LogP contribution in [0.4, 0.5) is 0 Å². The maximum absolute atomic E-state index is 11.8. The summed E-state index contributed by atoms with van der Waals surface area (Å²) in [5.74, 6) is 0. The largest absolute Gasteiger partial charge is 0.396 e. The van der Waals surface area contributed by atoms with Crippen LogP contribution in [0.5, 0.6) is 0 Å². The van der Waals surface area contributed by atoms with Crippen molar-refractivity contribution in [2.45, 2.75) is 110 Å². The molecular weight excluding hydrogens is 335 g/mol. The summed E-state index contributed by atoms with van der Waals surface area (Å²) in [4.78, 5) is 11.7. The van der Waals surface area contributed by atoms with Gasteiger partial charge in [-0.25, -0.2) is 0 Å². The minimum absolute atomic E-state index is 0.289. The Kier molecular flexibility index (Phi) is 17.1. The Morgan fingerprint density at radius 2 is 0.960 bits per heavy atom. The molecule has 0 unspecified atom stereocenters. The van der Waals surface area contributed by atoms with E-state index in [0.717, 1.165) is 19.3 Å². The van der Waals surface area contributed by atoms with E-state index in [9.17, 15) is 9.36 Å². The average molecular weight is 377 g/mol. The van der Waals surface area contributed by atoms with Gasteiger partial charge in [0.05, 0.1) is 0 Å². The van der Waals surface area contributed by atoms with Crippen LogP contribution in [0.2, 0.25) is 0 Å². The van der Waals surface area contributed by atoms with Crippen LogP contribution in [-0.2, 0) is 18.4 Å². The highest BCUT2D eigenvalue weighted by molar-refractivity contribution is 7.71. The average Bonchev–Trinajstić information content (AvgIpc) is 2.63. The normalized spacial score (nSPS) is 11.8. The van der Waals surface area contributed by atoms with Gasteiger partial charge in [-0.05, 0) is 6.42 Å². The second-order valence-corrected chi connectivity index (χ2v) is 9.18. The fraction of sp³-hybridized carbons (Fsp3) is 0.950.